The van der Waals surface area contributed by atoms with Gasteiger partial charge in [-0.15, -0.1) is 12.4 Å². The standard InChI is InChI=1S/C27H28N2O6.C24H22N4O4.ClH/c30-19-10-11-22(24(31)13-19)29-15-21-20(26(29)32)3-1-5-25(21)35-16-18-8-6-17(7-9-18)14-28-12-2-4-23(28)27(33)34;29-18-8-9-21(22(30)10-18)28-12-20-19(24(28)31)2-1-3-23(20)32-13-17-6-4-16(5-7-17)11-27-15-25-14-26-27;/h1,3,5-9,22-23H,2,4,10-16H2,(H,33,34);1-7,14-15,21H,8-13H2;1H/t22?,23-;;/m1../s1. The third-order valence-corrected chi connectivity index (χ3v) is 13.2. The molecule has 0 bridgehead atoms. The molecule has 1 N–H and O–H groups in total. The van der Waals surface area contributed by atoms with Crippen LogP contribution >= 0.6 is 12.4 Å². The first-order chi connectivity index (χ1) is 32.5. The van der Waals surface area contributed by atoms with Crippen LogP contribution in [0.3, 0.4) is 0 Å². The third kappa shape index (κ3) is 10.4. The van der Waals surface area contributed by atoms with E-state index in [9.17, 15) is 38.7 Å². The van der Waals surface area contributed by atoms with E-state index in [0.29, 0.717) is 94.1 Å². The Morgan fingerprint density at radius 2 is 1.12 bits per heavy atom. The van der Waals surface area contributed by atoms with E-state index in [4.69, 9.17) is 9.47 Å². The summed E-state index contributed by atoms with van der Waals surface area (Å²) in [5, 5.41) is 13.5. The van der Waals surface area contributed by atoms with Gasteiger partial charge in [0.2, 0.25) is 0 Å². The molecule has 68 heavy (non-hydrogen) atoms. The molecule has 1 aromatic heterocycles. The number of carbonyl (C=O) groups excluding carboxylic acids is 6. The second-order valence-electron chi connectivity index (χ2n) is 17.7. The van der Waals surface area contributed by atoms with Crippen LogP contribution in [0.2, 0.25) is 0 Å². The highest BCUT2D eigenvalue weighted by Crippen LogP contribution is 2.36. The number of aliphatic carboxylic acids is 1. The lowest BCUT2D eigenvalue weighted by atomic mass is 9.92. The Bertz CT molecular complexity index is 2730. The first kappa shape index (κ1) is 47.5. The fourth-order valence-electron chi connectivity index (χ4n) is 9.64. The highest BCUT2D eigenvalue weighted by molar-refractivity contribution is 6.08. The smallest absolute Gasteiger partial charge is 0.320 e. The number of Topliss-reactive ketones (excluding diaryl/α,β-unsaturated/α-hetero) is 4. The molecule has 0 radical (unpaired) electrons. The summed E-state index contributed by atoms with van der Waals surface area (Å²) in [6.07, 6.45) is 6.04. The number of carbonyl (C=O) groups is 7. The van der Waals surface area contributed by atoms with Crippen LogP contribution in [0.15, 0.2) is 97.6 Å². The predicted octanol–water partition coefficient (Wildman–Crippen LogP) is 5.93. The predicted molar refractivity (Wildman–Crippen MR) is 247 cm³/mol. The summed E-state index contributed by atoms with van der Waals surface area (Å²) in [4.78, 5) is 94.3. The number of benzene rings is 4. The number of hydrogen-bond acceptors (Lipinski definition) is 12. The molecule has 5 aliphatic rings. The van der Waals surface area contributed by atoms with Gasteiger partial charge in [0.1, 0.15) is 55.0 Å². The minimum Gasteiger partial charge on any atom is -0.489 e. The Kier molecular flexibility index (Phi) is 14.6. The molecule has 17 heteroatoms. The third-order valence-electron chi connectivity index (χ3n) is 13.2. The Morgan fingerprint density at radius 3 is 1.57 bits per heavy atom. The van der Waals surface area contributed by atoms with Gasteiger partial charge in [-0.25, -0.2) is 9.67 Å². The summed E-state index contributed by atoms with van der Waals surface area (Å²) in [7, 11) is 0. The number of carboxylic acids is 1. The number of hydrogen-bond donors (Lipinski definition) is 1. The van der Waals surface area contributed by atoms with Crippen LogP contribution in [-0.4, -0.2) is 100 Å². The average molecular weight is 943 g/mol. The van der Waals surface area contributed by atoms with E-state index in [1.54, 1.807) is 45.1 Å². The molecule has 3 aliphatic heterocycles. The van der Waals surface area contributed by atoms with Crippen LogP contribution in [0, 0.1) is 0 Å². The second kappa shape index (κ2) is 20.9. The van der Waals surface area contributed by atoms with Crippen molar-refractivity contribution in [2.45, 2.75) is 109 Å². The van der Waals surface area contributed by atoms with Gasteiger partial charge in [0.05, 0.1) is 44.6 Å². The van der Waals surface area contributed by atoms with Crippen molar-refractivity contribution in [3.8, 4) is 11.5 Å². The lowest BCUT2D eigenvalue weighted by molar-refractivity contribution is -0.142. The van der Waals surface area contributed by atoms with Crippen molar-refractivity contribution in [1.29, 1.82) is 0 Å². The van der Waals surface area contributed by atoms with Gasteiger partial charge in [-0.2, -0.15) is 5.10 Å². The Balaban J connectivity index is 0.000000182. The van der Waals surface area contributed by atoms with E-state index in [1.165, 1.54) is 6.33 Å². The molecule has 16 nitrogen and oxygen atoms in total. The molecule has 352 valence electrons. The molecule has 2 amide bonds. The number of ketones is 4. The van der Waals surface area contributed by atoms with Gasteiger partial charge in [-0.1, -0.05) is 60.7 Å². The van der Waals surface area contributed by atoms with E-state index in [-0.39, 0.29) is 60.2 Å². The van der Waals surface area contributed by atoms with Crippen molar-refractivity contribution in [1.82, 2.24) is 29.5 Å². The summed E-state index contributed by atoms with van der Waals surface area (Å²) >= 11 is 0. The zero-order chi connectivity index (χ0) is 46.6. The molecule has 3 atom stereocenters. The monoisotopic (exact) mass is 942 g/mol. The number of rotatable bonds is 13. The van der Waals surface area contributed by atoms with Crippen LogP contribution in [0.5, 0.6) is 11.5 Å². The van der Waals surface area contributed by atoms with Crippen LogP contribution < -0.4 is 9.47 Å². The zero-order valence-corrected chi connectivity index (χ0v) is 38.1. The molecule has 5 aromatic rings. The van der Waals surface area contributed by atoms with Gasteiger partial charge in [0, 0.05) is 41.6 Å². The van der Waals surface area contributed by atoms with E-state index in [1.807, 2.05) is 65.6 Å². The zero-order valence-electron chi connectivity index (χ0n) is 37.3. The van der Waals surface area contributed by atoms with E-state index in [0.717, 1.165) is 46.3 Å². The Hall–Kier alpha value is -7.04. The minimum atomic E-state index is -0.763. The van der Waals surface area contributed by atoms with Crippen LogP contribution in [0.1, 0.15) is 105 Å². The van der Waals surface area contributed by atoms with Crippen molar-refractivity contribution >= 4 is 53.3 Å². The molecular weight excluding hydrogens is 892 g/mol. The summed E-state index contributed by atoms with van der Waals surface area (Å²) in [5.74, 6) is -0.336. The fraction of sp³-hybridized carbons (Fsp3) is 0.353. The van der Waals surface area contributed by atoms with Crippen molar-refractivity contribution in [2.75, 3.05) is 6.54 Å². The highest BCUT2D eigenvalue weighted by Gasteiger charge is 2.41. The van der Waals surface area contributed by atoms with Gasteiger partial charge in [-0.05, 0) is 78.7 Å². The summed E-state index contributed by atoms with van der Waals surface area (Å²) in [6.45, 7) is 3.36. The average Bonchev–Trinajstić information content (AvgIpc) is 4.14. The number of amides is 2. The van der Waals surface area contributed by atoms with E-state index < -0.39 is 24.1 Å². The van der Waals surface area contributed by atoms with Gasteiger partial charge in [0.25, 0.3) is 11.8 Å². The van der Waals surface area contributed by atoms with Crippen molar-refractivity contribution in [3.63, 3.8) is 0 Å². The molecule has 2 unspecified atom stereocenters. The highest BCUT2D eigenvalue weighted by atomic mass is 35.5. The molecule has 4 heterocycles. The van der Waals surface area contributed by atoms with E-state index in [2.05, 4.69) is 10.1 Å². The minimum absolute atomic E-state index is 0. The van der Waals surface area contributed by atoms with Crippen molar-refractivity contribution in [2.24, 2.45) is 0 Å². The van der Waals surface area contributed by atoms with E-state index >= 15 is 0 Å². The molecule has 10 rings (SSSR count). The topological polar surface area (TPSA) is 199 Å². The Morgan fingerprint density at radius 1 is 0.632 bits per heavy atom. The summed E-state index contributed by atoms with van der Waals surface area (Å²) in [5.41, 5.74) is 6.81. The largest absolute Gasteiger partial charge is 0.489 e. The normalized spacial score (nSPS) is 20.1. The lowest BCUT2D eigenvalue weighted by Crippen LogP contribution is -2.44. The number of ether oxygens (including phenoxy) is 2. The van der Waals surface area contributed by atoms with Gasteiger partial charge >= 0.3 is 5.97 Å². The van der Waals surface area contributed by atoms with Gasteiger partial charge in [-0.3, -0.25) is 38.5 Å². The fourth-order valence-corrected chi connectivity index (χ4v) is 9.64. The first-order valence-corrected chi connectivity index (χ1v) is 22.6. The lowest BCUT2D eigenvalue weighted by Gasteiger charge is -2.29. The molecule has 2 aliphatic carbocycles. The van der Waals surface area contributed by atoms with Crippen LogP contribution in [0.25, 0.3) is 0 Å². The maximum Gasteiger partial charge on any atom is 0.320 e. The van der Waals surface area contributed by atoms with Crippen molar-refractivity contribution < 1.29 is 48.1 Å². The Labute approximate surface area is 398 Å². The second-order valence-corrected chi connectivity index (χ2v) is 17.7. The number of halogens is 1. The van der Waals surface area contributed by atoms with Crippen LogP contribution in [-0.2, 0) is 63.4 Å². The molecule has 3 fully saturated rings. The first-order valence-electron chi connectivity index (χ1n) is 22.6. The molecule has 2 saturated carbocycles. The number of aromatic nitrogens is 3. The van der Waals surface area contributed by atoms with Crippen LogP contribution in [0.4, 0.5) is 0 Å². The maximum atomic E-state index is 13.0. The van der Waals surface area contributed by atoms with Crippen molar-refractivity contribution in [3.05, 3.63) is 142 Å². The number of fused-ring (bicyclic) bond motifs is 2. The quantitative estimate of drug-likeness (QED) is 0.136. The van der Waals surface area contributed by atoms with Gasteiger partial charge < -0.3 is 24.4 Å². The van der Waals surface area contributed by atoms with Gasteiger partial charge in [0.15, 0.2) is 11.6 Å². The molecule has 4 aromatic carbocycles. The maximum absolute atomic E-state index is 13.0. The molecular formula is C51H51ClN6O10. The summed E-state index contributed by atoms with van der Waals surface area (Å²) < 4.78 is 13.9. The number of carboxylic acid groups (broad SMARTS) is 1. The molecule has 1 saturated heterocycles. The number of likely N-dealkylation sites (tertiary alicyclic amines) is 1. The SMILES string of the molecule is Cl.O=C1CCC(N2Cc3c(OCc4ccc(CN5CCC[C@@H]5C(=O)O)cc4)cccc3C2=O)C(=O)C1.O=C1CCC(N2Cc3c(OCc4ccc(Cn5cncn5)cc4)cccc3C2=O)C(=O)C1. The summed E-state index contributed by atoms with van der Waals surface area (Å²) in [6, 6.07) is 25.3. The number of nitrogens with zero attached hydrogens (tertiary/aromatic N) is 6. The molecule has 0 spiro atoms.